The fourth-order valence-electron chi connectivity index (χ4n) is 3.05. The lowest BCUT2D eigenvalue weighted by molar-refractivity contribution is -0.120. The summed E-state index contributed by atoms with van der Waals surface area (Å²) in [5.41, 5.74) is 3.98. The van der Waals surface area contributed by atoms with E-state index < -0.39 is 0 Å². The van der Waals surface area contributed by atoms with E-state index in [1.165, 1.54) is 35.6 Å². The van der Waals surface area contributed by atoms with Crippen molar-refractivity contribution in [2.24, 2.45) is 0 Å². The maximum atomic E-state index is 13.1. The number of hydrogen-bond donors (Lipinski definition) is 0. The third-order valence-electron chi connectivity index (χ3n) is 4.70. The van der Waals surface area contributed by atoms with E-state index in [1.54, 1.807) is 17.3 Å². The summed E-state index contributed by atoms with van der Waals surface area (Å²) in [6, 6.07) is 13.4. The number of carbonyl (C=O) groups excluding carboxylic acids is 1. The number of anilines is 1. The highest BCUT2D eigenvalue weighted by atomic mass is 32.1. The van der Waals surface area contributed by atoms with Gasteiger partial charge in [-0.05, 0) is 60.9 Å². The molecule has 4 aromatic rings. The molecule has 0 atom stereocenters. The Hall–Kier alpha value is -3.32. The third kappa shape index (κ3) is 4.31. The van der Waals surface area contributed by atoms with Crippen molar-refractivity contribution in [3.63, 3.8) is 0 Å². The molecule has 2 aromatic heterocycles. The minimum Gasteiger partial charge on any atom is -0.484 e. The number of carbonyl (C=O) groups is 1. The van der Waals surface area contributed by atoms with Crippen LogP contribution in [0.4, 0.5) is 9.52 Å². The second-order valence-electron chi connectivity index (χ2n) is 6.96. The molecule has 0 saturated carbocycles. The van der Waals surface area contributed by atoms with Gasteiger partial charge in [-0.3, -0.25) is 14.7 Å². The number of benzene rings is 2. The van der Waals surface area contributed by atoms with E-state index in [-0.39, 0.29) is 18.3 Å². The van der Waals surface area contributed by atoms with Gasteiger partial charge in [0.15, 0.2) is 11.7 Å². The molecule has 0 spiro atoms. The predicted molar refractivity (Wildman–Crippen MR) is 116 cm³/mol. The predicted octanol–water partition coefficient (Wildman–Crippen LogP) is 5.06. The van der Waals surface area contributed by atoms with Gasteiger partial charge in [0.2, 0.25) is 0 Å². The van der Waals surface area contributed by atoms with Crippen LogP contribution in [0, 0.1) is 19.7 Å². The normalized spacial score (nSPS) is 10.9. The molecule has 0 unspecified atom stereocenters. The van der Waals surface area contributed by atoms with Crippen molar-refractivity contribution in [1.82, 2.24) is 9.97 Å². The van der Waals surface area contributed by atoms with Crippen molar-refractivity contribution in [2.45, 2.75) is 20.4 Å². The zero-order valence-corrected chi connectivity index (χ0v) is 17.4. The van der Waals surface area contributed by atoms with Crippen LogP contribution in [-0.4, -0.2) is 22.5 Å². The lowest BCUT2D eigenvalue weighted by Crippen LogP contribution is -2.34. The van der Waals surface area contributed by atoms with Gasteiger partial charge in [0.25, 0.3) is 5.91 Å². The summed E-state index contributed by atoms with van der Waals surface area (Å²) in [5.74, 6) is -0.160. The summed E-state index contributed by atoms with van der Waals surface area (Å²) >= 11 is 1.49. The highest BCUT2D eigenvalue weighted by Gasteiger charge is 2.22. The van der Waals surface area contributed by atoms with Crippen LogP contribution >= 0.6 is 11.3 Å². The van der Waals surface area contributed by atoms with Crippen LogP contribution < -0.4 is 9.64 Å². The summed E-state index contributed by atoms with van der Waals surface area (Å²) in [4.78, 5) is 23.6. The zero-order chi connectivity index (χ0) is 21.1. The highest BCUT2D eigenvalue weighted by molar-refractivity contribution is 7.22. The van der Waals surface area contributed by atoms with Gasteiger partial charge in [0.05, 0.1) is 16.8 Å². The van der Waals surface area contributed by atoms with Gasteiger partial charge in [-0.25, -0.2) is 9.37 Å². The molecule has 152 valence electrons. The first kappa shape index (κ1) is 20.0. The first-order chi connectivity index (χ1) is 14.5. The Labute approximate surface area is 177 Å². The average Bonchev–Trinajstić information content (AvgIpc) is 3.21. The van der Waals surface area contributed by atoms with E-state index in [1.807, 2.05) is 32.0 Å². The number of ether oxygens (including phenoxy) is 1. The molecule has 0 N–H and O–H groups in total. The topological polar surface area (TPSA) is 55.3 Å². The van der Waals surface area contributed by atoms with Crippen LogP contribution in [-0.2, 0) is 11.3 Å². The molecule has 0 saturated heterocycles. The molecule has 30 heavy (non-hydrogen) atoms. The zero-order valence-electron chi connectivity index (χ0n) is 16.6. The largest absolute Gasteiger partial charge is 0.484 e. The number of rotatable bonds is 6. The molecule has 2 aromatic carbocycles. The van der Waals surface area contributed by atoms with Crippen molar-refractivity contribution in [3.05, 3.63) is 83.4 Å². The van der Waals surface area contributed by atoms with Gasteiger partial charge in [-0.2, -0.15) is 0 Å². The Kier molecular flexibility index (Phi) is 5.72. The summed E-state index contributed by atoms with van der Waals surface area (Å²) in [6.07, 6.45) is 3.42. The number of aromatic nitrogens is 2. The van der Waals surface area contributed by atoms with Crippen molar-refractivity contribution < 1.29 is 13.9 Å². The van der Waals surface area contributed by atoms with E-state index >= 15 is 0 Å². The van der Waals surface area contributed by atoms with Gasteiger partial charge < -0.3 is 4.74 Å². The molecular formula is C23H20FN3O2S. The second-order valence-corrected chi connectivity index (χ2v) is 7.93. The Morgan fingerprint density at radius 1 is 1.10 bits per heavy atom. The summed E-state index contributed by atoms with van der Waals surface area (Å²) < 4.78 is 19.8. The Bertz CT molecular complexity index is 1140. The van der Waals surface area contributed by atoms with Crippen LogP contribution in [0.2, 0.25) is 0 Å². The number of thiazole rings is 1. The van der Waals surface area contributed by atoms with Gasteiger partial charge in [0, 0.05) is 12.4 Å². The van der Waals surface area contributed by atoms with Crippen molar-refractivity contribution >= 4 is 32.6 Å². The maximum Gasteiger partial charge on any atom is 0.267 e. The summed E-state index contributed by atoms with van der Waals surface area (Å²) in [7, 11) is 0. The quantitative estimate of drug-likeness (QED) is 0.437. The van der Waals surface area contributed by atoms with Crippen LogP contribution in [0.5, 0.6) is 5.75 Å². The first-order valence-corrected chi connectivity index (χ1v) is 10.3. The van der Waals surface area contributed by atoms with Crippen LogP contribution in [0.1, 0.15) is 16.7 Å². The number of hydrogen-bond acceptors (Lipinski definition) is 5. The Balaban J connectivity index is 1.64. The monoisotopic (exact) mass is 421 g/mol. The molecule has 1 amide bonds. The molecule has 4 rings (SSSR count). The van der Waals surface area contributed by atoms with E-state index in [0.29, 0.717) is 17.4 Å². The SMILES string of the molecule is Cc1ccc(C)c2sc(N(Cc3cccnc3)C(=O)COc3ccc(F)cc3)nc12. The molecule has 0 fully saturated rings. The van der Waals surface area contributed by atoms with Gasteiger partial charge in [-0.1, -0.05) is 29.5 Å². The number of pyridine rings is 1. The molecule has 7 heteroatoms. The van der Waals surface area contributed by atoms with E-state index in [0.717, 1.165) is 26.9 Å². The molecule has 0 radical (unpaired) electrons. The third-order valence-corrected chi connectivity index (χ3v) is 5.92. The summed E-state index contributed by atoms with van der Waals surface area (Å²) in [5, 5.41) is 0.610. The smallest absolute Gasteiger partial charge is 0.267 e. The minimum atomic E-state index is -0.355. The summed E-state index contributed by atoms with van der Waals surface area (Å²) in [6.45, 7) is 4.20. The fourth-order valence-corrected chi connectivity index (χ4v) is 4.18. The van der Waals surface area contributed by atoms with E-state index in [2.05, 4.69) is 11.1 Å². The number of fused-ring (bicyclic) bond motifs is 1. The standard InChI is InChI=1S/C23H20FN3O2S/c1-15-5-6-16(2)22-21(15)26-23(30-22)27(13-17-4-3-11-25-12-17)20(28)14-29-19-9-7-18(24)8-10-19/h3-12H,13-14H2,1-2H3. The minimum absolute atomic E-state index is 0.181. The Morgan fingerprint density at radius 3 is 2.57 bits per heavy atom. The van der Waals surface area contributed by atoms with Crippen molar-refractivity contribution in [1.29, 1.82) is 0 Å². The van der Waals surface area contributed by atoms with Crippen LogP contribution in [0.3, 0.4) is 0 Å². The van der Waals surface area contributed by atoms with Crippen LogP contribution in [0.15, 0.2) is 60.9 Å². The average molecular weight is 421 g/mol. The fraction of sp³-hybridized carbons (Fsp3) is 0.174. The molecule has 5 nitrogen and oxygen atoms in total. The molecule has 0 aliphatic carbocycles. The number of aryl methyl sites for hydroxylation is 2. The highest BCUT2D eigenvalue weighted by Crippen LogP contribution is 2.33. The number of halogens is 1. The van der Waals surface area contributed by atoms with Crippen molar-refractivity contribution in [2.75, 3.05) is 11.5 Å². The second kappa shape index (κ2) is 8.59. The van der Waals surface area contributed by atoms with Gasteiger partial charge >= 0.3 is 0 Å². The number of nitrogens with zero attached hydrogens (tertiary/aromatic N) is 3. The molecule has 0 bridgehead atoms. The lowest BCUT2D eigenvalue weighted by Gasteiger charge is -2.20. The Morgan fingerprint density at radius 2 is 1.87 bits per heavy atom. The van der Waals surface area contributed by atoms with Gasteiger partial charge in [-0.15, -0.1) is 0 Å². The van der Waals surface area contributed by atoms with E-state index in [9.17, 15) is 9.18 Å². The molecule has 0 aliphatic rings. The van der Waals surface area contributed by atoms with E-state index in [4.69, 9.17) is 9.72 Å². The first-order valence-electron chi connectivity index (χ1n) is 9.45. The van der Waals surface area contributed by atoms with Crippen molar-refractivity contribution in [3.8, 4) is 5.75 Å². The van der Waals surface area contributed by atoms with Crippen LogP contribution in [0.25, 0.3) is 10.2 Å². The molecule has 2 heterocycles. The maximum absolute atomic E-state index is 13.1. The van der Waals surface area contributed by atoms with Gasteiger partial charge in [0.1, 0.15) is 11.6 Å². The molecular weight excluding hydrogens is 401 g/mol. The lowest BCUT2D eigenvalue weighted by atomic mass is 10.1. The molecule has 0 aliphatic heterocycles. The number of amides is 1.